The molecule has 0 amide bonds. The maximum atomic E-state index is 5.88. The van der Waals surface area contributed by atoms with Crippen molar-refractivity contribution in [2.75, 3.05) is 33.7 Å². The summed E-state index contributed by atoms with van der Waals surface area (Å²) in [6.45, 7) is 5.42. The highest BCUT2D eigenvalue weighted by atomic mass is 35.5. The number of nitrogens with zero attached hydrogens (tertiary/aromatic N) is 1. The van der Waals surface area contributed by atoms with Crippen molar-refractivity contribution in [3.05, 3.63) is 59.1 Å². The number of rotatable bonds is 9. The maximum Gasteiger partial charge on any atom is 0.127 e. The minimum atomic E-state index is 0.529. The van der Waals surface area contributed by atoms with Crippen LogP contribution in [0.4, 0.5) is 0 Å². The van der Waals surface area contributed by atoms with Crippen LogP contribution in [0.3, 0.4) is 0 Å². The van der Waals surface area contributed by atoms with E-state index in [9.17, 15) is 0 Å². The molecule has 1 unspecified atom stereocenters. The molecule has 1 N–H and O–H groups in total. The SMILES string of the molecule is CC(CCNCCN(C)C)c1ccc(Oc2ccc(Cl)cc2)cc1. The van der Waals surface area contributed by atoms with E-state index in [1.54, 1.807) is 0 Å². The zero-order chi connectivity index (χ0) is 17.4. The Morgan fingerprint density at radius 3 is 2.12 bits per heavy atom. The second-order valence-electron chi connectivity index (χ2n) is 6.37. The van der Waals surface area contributed by atoms with Gasteiger partial charge in [0.2, 0.25) is 0 Å². The minimum Gasteiger partial charge on any atom is -0.457 e. The molecule has 0 aliphatic rings. The predicted octanol–water partition coefficient (Wildman–Crippen LogP) is 4.78. The number of hydrogen-bond acceptors (Lipinski definition) is 3. The molecule has 2 rings (SSSR count). The molecule has 4 heteroatoms. The Morgan fingerprint density at radius 2 is 1.54 bits per heavy atom. The number of benzene rings is 2. The van der Waals surface area contributed by atoms with E-state index in [1.807, 2.05) is 36.4 Å². The van der Waals surface area contributed by atoms with E-state index in [-0.39, 0.29) is 0 Å². The van der Waals surface area contributed by atoms with Crippen LogP contribution in [0.5, 0.6) is 11.5 Å². The van der Waals surface area contributed by atoms with Crippen molar-refractivity contribution < 1.29 is 4.74 Å². The Bertz CT molecular complexity index is 596. The van der Waals surface area contributed by atoms with Gasteiger partial charge in [0.25, 0.3) is 0 Å². The first-order valence-corrected chi connectivity index (χ1v) is 8.81. The molecule has 0 spiro atoms. The van der Waals surface area contributed by atoms with Gasteiger partial charge < -0.3 is 15.0 Å². The molecule has 0 aliphatic heterocycles. The highest BCUT2D eigenvalue weighted by molar-refractivity contribution is 6.30. The monoisotopic (exact) mass is 346 g/mol. The molecule has 0 radical (unpaired) electrons. The van der Waals surface area contributed by atoms with Crippen LogP contribution in [0.2, 0.25) is 5.02 Å². The third kappa shape index (κ3) is 6.52. The zero-order valence-electron chi connectivity index (χ0n) is 14.8. The largest absolute Gasteiger partial charge is 0.457 e. The van der Waals surface area contributed by atoms with E-state index in [0.717, 1.165) is 37.6 Å². The molecular weight excluding hydrogens is 320 g/mol. The number of hydrogen-bond donors (Lipinski definition) is 1. The van der Waals surface area contributed by atoms with Crippen molar-refractivity contribution in [2.45, 2.75) is 19.3 Å². The van der Waals surface area contributed by atoms with Crippen LogP contribution >= 0.6 is 11.6 Å². The lowest BCUT2D eigenvalue weighted by Crippen LogP contribution is -2.27. The lowest BCUT2D eigenvalue weighted by atomic mass is 9.98. The van der Waals surface area contributed by atoms with E-state index in [0.29, 0.717) is 10.9 Å². The summed E-state index contributed by atoms with van der Waals surface area (Å²) in [5, 5.41) is 4.20. The maximum absolute atomic E-state index is 5.88. The van der Waals surface area contributed by atoms with E-state index in [4.69, 9.17) is 16.3 Å². The van der Waals surface area contributed by atoms with Crippen molar-refractivity contribution in [1.29, 1.82) is 0 Å². The van der Waals surface area contributed by atoms with Crippen molar-refractivity contribution in [3.8, 4) is 11.5 Å². The van der Waals surface area contributed by atoms with Crippen molar-refractivity contribution in [1.82, 2.24) is 10.2 Å². The molecule has 0 aliphatic carbocycles. The molecule has 0 aromatic heterocycles. The van der Waals surface area contributed by atoms with Crippen LogP contribution < -0.4 is 10.1 Å². The van der Waals surface area contributed by atoms with Crippen molar-refractivity contribution >= 4 is 11.6 Å². The van der Waals surface area contributed by atoms with Gasteiger partial charge in [0.15, 0.2) is 0 Å². The smallest absolute Gasteiger partial charge is 0.127 e. The van der Waals surface area contributed by atoms with E-state index >= 15 is 0 Å². The van der Waals surface area contributed by atoms with Gasteiger partial charge in [-0.25, -0.2) is 0 Å². The van der Waals surface area contributed by atoms with Gasteiger partial charge in [0.1, 0.15) is 11.5 Å². The summed E-state index contributed by atoms with van der Waals surface area (Å²) in [4.78, 5) is 2.19. The quantitative estimate of drug-likeness (QED) is 0.661. The number of nitrogens with one attached hydrogen (secondary N) is 1. The summed E-state index contributed by atoms with van der Waals surface area (Å²) in [6, 6.07) is 15.8. The highest BCUT2D eigenvalue weighted by Gasteiger charge is 2.06. The minimum absolute atomic E-state index is 0.529. The summed E-state index contributed by atoms with van der Waals surface area (Å²) in [7, 11) is 4.19. The molecule has 130 valence electrons. The van der Waals surface area contributed by atoms with Gasteiger partial charge in [-0.05, 0) is 74.9 Å². The fraction of sp³-hybridized carbons (Fsp3) is 0.400. The first-order chi connectivity index (χ1) is 11.5. The van der Waals surface area contributed by atoms with Crippen LogP contribution in [0, 0.1) is 0 Å². The molecule has 0 saturated heterocycles. The summed E-state index contributed by atoms with van der Waals surface area (Å²) < 4.78 is 5.83. The molecule has 1 atom stereocenters. The molecule has 2 aromatic rings. The Labute approximate surface area is 150 Å². The third-order valence-electron chi connectivity index (χ3n) is 3.99. The number of halogens is 1. The first kappa shape index (κ1) is 18.8. The third-order valence-corrected chi connectivity index (χ3v) is 4.24. The van der Waals surface area contributed by atoms with Gasteiger partial charge in [-0.3, -0.25) is 0 Å². The zero-order valence-corrected chi connectivity index (χ0v) is 15.5. The Balaban J connectivity index is 1.79. The molecule has 0 fully saturated rings. The predicted molar refractivity (Wildman–Crippen MR) is 102 cm³/mol. The fourth-order valence-electron chi connectivity index (χ4n) is 2.42. The summed E-state index contributed by atoms with van der Waals surface area (Å²) in [6.07, 6.45) is 1.13. The average molecular weight is 347 g/mol. The van der Waals surface area contributed by atoms with Crippen LogP contribution in [0.1, 0.15) is 24.8 Å². The molecule has 24 heavy (non-hydrogen) atoms. The van der Waals surface area contributed by atoms with Gasteiger partial charge in [0.05, 0.1) is 0 Å². The Morgan fingerprint density at radius 1 is 0.958 bits per heavy atom. The standard InChI is InChI=1S/C20H27ClN2O/c1-16(12-13-22-14-15-23(2)3)17-4-8-19(9-5-17)24-20-10-6-18(21)7-11-20/h4-11,16,22H,12-15H2,1-3H3. The Hall–Kier alpha value is -1.55. The van der Waals surface area contributed by atoms with Gasteiger partial charge >= 0.3 is 0 Å². The molecular formula is C20H27ClN2O. The first-order valence-electron chi connectivity index (χ1n) is 8.43. The Kier molecular flexibility index (Phi) is 7.57. The molecule has 2 aromatic carbocycles. The van der Waals surface area contributed by atoms with Gasteiger partial charge in [0, 0.05) is 18.1 Å². The van der Waals surface area contributed by atoms with E-state index < -0.39 is 0 Å². The topological polar surface area (TPSA) is 24.5 Å². The second kappa shape index (κ2) is 9.67. The normalized spacial score (nSPS) is 12.4. The van der Waals surface area contributed by atoms with E-state index in [2.05, 4.69) is 43.4 Å². The molecule has 0 bridgehead atoms. The lowest BCUT2D eigenvalue weighted by Gasteiger charge is -2.14. The van der Waals surface area contributed by atoms with Crippen LogP contribution in [-0.4, -0.2) is 38.6 Å². The number of ether oxygens (including phenoxy) is 1. The highest BCUT2D eigenvalue weighted by Crippen LogP contribution is 2.26. The fourth-order valence-corrected chi connectivity index (χ4v) is 2.54. The van der Waals surface area contributed by atoms with E-state index in [1.165, 1.54) is 5.56 Å². The van der Waals surface area contributed by atoms with Crippen LogP contribution in [0.15, 0.2) is 48.5 Å². The molecule has 3 nitrogen and oxygen atoms in total. The average Bonchev–Trinajstić information content (AvgIpc) is 2.57. The summed E-state index contributed by atoms with van der Waals surface area (Å²) in [5.41, 5.74) is 1.34. The van der Waals surface area contributed by atoms with Crippen LogP contribution in [0.25, 0.3) is 0 Å². The van der Waals surface area contributed by atoms with Gasteiger partial charge in [-0.1, -0.05) is 30.7 Å². The lowest BCUT2D eigenvalue weighted by molar-refractivity contribution is 0.398. The summed E-state index contributed by atoms with van der Waals surface area (Å²) >= 11 is 5.88. The number of likely N-dealkylation sites (N-methyl/N-ethyl adjacent to an activating group) is 1. The van der Waals surface area contributed by atoms with Crippen molar-refractivity contribution in [3.63, 3.8) is 0 Å². The molecule has 0 heterocycles. The summed E-state index contributed by atoms with van der Waals surface area (Å²) in [5.74, 6) is 2.17. The van der Waals surface area contributed by atoms with Gasteiger partial charge in [-0.2, -0.15) is 0 Å². The molecule has 0 saturated carbocycles. The van der Waals surface area contributed by atoms with Gasteiger partial charge in [-0.15, -0.1) is 0 Å². The van der Waals surface area contributed by atoms with Crippen molar-refractivity contribution in [2.24, 2.45) is 0 Å². The van der Waals surface area contributed by atoms with Crippen LogP contribution in [-0.2, 0) is 0 Å². The second-order valence-corrected chi connectivity index (χ2v) is 6.80.